The minimum Gasteiger partial charge on any atom is -0.493 e. The van der Waals surface area contributed by atoms with E-state index in [9.17, 15) is 18.0 Å². The van der Waals surface area contributed by atoms with Gasteiger partial charge in [0.15, 0.2) is 11.5 Å². The van der Waals surface area contributed by atoms with Crippen LogP contribution in [0.5, 0.6) is 11.5 Å². The molecule has 0 heterocycles. The van der Waals surface area contributed by atoms with Gasteiger partial charge in [-0.2, -0.15) is 0 Å². The molecule has 4 aromatic carbocycles. The zero-order valence-corrected chi connectivity index (χ0v) is 28.7. The Morgan fingerprint density at radius 2 is 1.49 bits per heavy atom. The highest BCUT2D eigenvalue weighted by Crippen LogP contribution is 2.34. The van der Waals surface area contributed by atoms with Crippen LogP contribution in [-0.4, -0.2) is 58.0 Å². The van der Waals surface area contributed by atoms with E-state index >= 15 is 0 Å². The zero-order chi connectivity index (χ0) is 34.1. The lowest BCUT2D eigenvalue weighted by molar-refractivity contribution is -0.140. The van der Waals surface area contributed by atoms with Crippen LogP contribution >= 0.6 is 11.6 Å². The third-order valence-electron chi connectivity index (χ3n) is 7.49. The standard InChI is InChI=1S/C36H40ClN3O6S/c1-25(2)38-36(42)32(21-27-10-7-6-8-11-27)39(23-28-12-9-13-29(37)20-28)35(41)24-40(30-16-19-33(45-4)34(22-30)46-5)47(43,44)31-17-14-26(3)15-18-31/h6-20,22,25,32H,21,23-24H2,1-5H3,(H,38,42)/t32-/m0/s1. The van der Waals surface area contributed by atoms with Crippen molar-refractivity contribution in [3.8, 4) is 11.5 Å². The summed E-state index contributed by atoms with van der Waals surface area (Å²) in [6.07, 6.45) is 0.201. The number of amides is 2. The molecule has 4 aromatic rings. The molecule has 0 saturated carbocycles. The van der Waals surface area contributed by atoms with E-state index in [0.29, 0.717) is 16.3 Å². The van der Waals surface area contributed by atoms with Crippen molar-refractivity contribution in [2.45, 2.75) is 50.7 Å². The number of nitrogens with one attached hydrogen (secondary N) is 1. The van der Waals surface area contributed by atoms with Crippen molar-refractivity contribution in [3.63, 3.8) is 0 Å². The molecule has 1 N–H and O–H groups in total. The van der Waals surface area contributed by atoms with Gasteiger partial charge in [0.05, 0.1) is 24.8 Å². The maximum Gasteiger partial charge on any atom is 0.264 e. The molecule has 11 heteroatoms. The SMILES string of the molecule is COc1ccc(N(CC(=O)N(Cc2cccc(Cl)c2)[C@@H](Cc2ccccc2)C(=O)NC(C)C)S(=O)(=O)c2ccc(C)cc2)cc1OC. The summed E-state index contributed by atoms with van der Waals surface area (Å²) in [4.78, 5) is 29.9. The number of carbonyl (C=O) groups is 2. The highest BCUT2D eigenvalue weighted by Gasteiger charge is 2.35. The molecule has 0 unspecified atom stereocenters. The molecular weight excluding hydrogens is 638 g/mol. The van der Waals surface area contributed by atoms with E-state index in [4.69, 9.17) is 21.1 Å². The average molecular weight is 678 g/mol. The lowest BCUT2D eigenvalue weighted by Gasteiger charge is -2.34. The fourth-order valence-corrected chi connectivity index (χ4v) is 6.73. The van der Waals surface area contributed by atoms with E-state index in [1.54, 1.807) is 48.5 Å². The van der Waals surface area contributed by atoms with Crippen molar-refractivity contribution >= 4 is 39.1 Å². The lowest BCUT2D eigenvalue weighted by atomic mass is 10.0. The van der Waals surface area contributed by atoms with Gasteiger partial charge >= 0.3 is 0 Å². The maximum absolute atomic E-state index is 14.6. The smallest absolute Gasteiger partial charge is 0.264 e. The summed E-state index contributed by atoms with van der Waals surface area (Å²) in [6, 6.07) is 26.2. The van der Waals surface area contributed by atoms with Crippen LogP contribution in [0.25, 0.3) is 0 Å². The van der Waals surface area contributed by atoms with Crippen molar-refractivity contribution in [2.75, 3.05) is 25.1 Å². The molecule has 0 aliphatic heterocycles. The number of nitrogens with zero attached hydrogens (tertiary/aromatic N) is 2. The zero-order valence-electron chi connectivity index (χ0n) is 27.1. The Morgan fingerprint density at radius 3 is 2.11 bits per heavy atom. The molecular formula is C36H40ClN3O6S. The monoisotopic (exact) mass is 677 g/mol. The van der Waals surface area contributed by atoms with Crippen LogP contribution in [0, 0.1) is 6.92 Å². The minimum absolute atomic E-state index is 0.00506. The van der Waals surface area contributed by atoms with Crippen LogP contribution in [0.4, 0.5) is 5.69 Å². The number of halogens is 1. The molecule has 0 aliphatic carbocycles. The molecule has 0 spiro atoms. The predicted molar refractivity (Wildman–Crippen MR) is 184 cm³/mol. The number of sulfonamides is 1. The summed E-state index contributed by atoms with van der Waals surface area (Å²) in [6.45, 7) is 4.94. The summed E-state index contributed by atoms with van der Waals surface area (Å²) in [5, 5.41) is 3.42. The van der Waals surface area contributed by atoms with Gasteiger partial charge in [-0.25, -0.2) is 8.42 Å². The molecule has 0 aromatic heterocycles. The Kier molecular flexibility index (Phi) is 11.9. The highest BCUT2D eigenvalue weighted by molar-refractivity contribution is 7.92. The first kappa shape index (κ1) is 35.3. The van der Waals surface area contributed by atoms with Gasteiger partial charge in [-0.15, -0.1) is 0 Å². The van der Waals surface area contributed by atoms with E-state index in [0.717, 1.165) is 15.4 Å². The van der Waals surface area contributed by atoms with E-state index in [1.807, 2.05) is 51.1 Å². The number of aryl methyl sites for hydroxylation is 1. The van der Waals surface area contributed by atoms with Gasteiger partial charge < -0.3 is 19.7 Å². The summed E-state index contributed by atoms with van der Waals surface area (Å²) >= 11 is 6.31. The Hall–Kier alpha value is -4.54. The molecule has 1 atom stereocenters. The molecule has 0 bridgehead atoms. The summed E-state index contributed by atoms with van der Waals surface area (Å²) in [7, 11) is -1.36. The average Bonchev–Trinajstić information content (AvgIpc) is 3.05. The fourth-order valence-electron chi connectivity index (χ4n) is 5.11. The molecule has 2 amide bonds. The van der Waals surface area contributed by atoms with Gasteiger partial charge in [-0.05, 0) is 68.3 Å². The van der Waals surface area contributed by atoms with Crippen molar-refractivity contribution in [1.82, 2.24) is 10.2 Å². The third-order valence-corrected chi connectivity index (χ3v) is 9.51. The van der Waals surface area contributed by atoms with Gasteiger partial charge in [0.25, 0.3) is 10.0 Å². The van der Waals surface area contributed by atoms with Crippen LogP contribution in [0.3, 0.4) is 0 Å². The van der Waals surface area contributed by atoms with E-state index < -0.39 is 28.5 Å². The van der Waals surface area contributed by atoms with Crippen molar-refractivity contribution in [3.05, 3.63) is 119 Å². The number of anilines is 1. The lowest BCUT2D eigenvalue weighted by Crippen LogP contribution is -2.54. The molecule has 47 heavy (non-hydrogen) atoms. The largest absolute Gasteiger partial charge is 0.493 e. The second-order valence-corrected chi connectivity index (χ2v) is 13.7. The van der Waals surface area contributed by atoms with E-state index in [1.165, 1.54) is 37.3 Å². The first-order valence-electron chi connectivity index (χ1n) is 15.1. The summed E-state index contributed by atoms with van der Waals surface area (Å²) in [5.41, 5.74) is 2.58. The van der Waals surface area contributed by atoms with Crippen LogP contribution in [-0.2, 0) is 32.6 Å². The third kappa shape index (κ3) is 9.05. The van der Waals surface area contributed by atoms with Crippen LogP contribution < -0.4 is 19.1 Å². The number of hydrogen-bond acceptors (Lipinski definition) is 6. The summed E-state index contributed by atoms with van der Waals surface area (Å²) in [5.74, 6) is -0.268. The van der Waals surface area contributed by atoms with E-state index in [-0.39, 0.29) is 41.2 Å². The Morgan fingerprint density at radius 1 is 0.830 bits per heavy atom. The second kappa shape index (κ2) is 15.8. The molecule has 248 valence electrons. The maximum atomic E-state index is 14.6. The Labute approximate surface area is 282 Å². The fraction of sp³-hybridized carbons (Fsp3) is 0.278. The first-order valence-corrected chi connectivity index (χ1v) is 16.9. The minimum atomic E-state index is -4.28. The van der Waals surface area contributed by atoms with Gasteiger partial charge in [0, 0.05) is 30.1 Å². The number of carbonyl (C=O) groups excluding carboxylic acids is 2. The molecule has 0 saturated heterocycles. The van der Waals surface area contributed by atoms with Gasteiger partial charge in [-0.3, -0.25) is 13.9 Å². The number of rotatable bonds is 14. The number of hydrogen-bond donors (Lipinski definition) is 1. The van der Waals surface area contributed by atoms with Crippen LogP contribution in [0.1, 0.15) is 30.5 Å². The normalized spacial score (nSPS) is 11.9. The summed E-state index contributed by atoms with van der Waals surface area (Å²) < 4.78 is 40.4. The Balaban J connectivity index is 1.85. The van der Waals surface area contributed by atoms with Gasteiger partial charge in [0.2, 0.25) is 11.8 Å². The Bertz CT molecular complexity index is 1780. The molecule has 0 fully saturated rings. The van der Waals surface area contributed by atoms with Gasteiger partial charge in [-0.1, -0.05) is 71.8 Å². The molecule has 0 radical (unpaired) electrons. The van der Waals surface area contributed by atoms with Crippen LogP contribution in [0.2, 0.25) is 5.02 Å². The predicted octanol–water partition coefficient (Wildman–Crippen LogP) is 6.03. The van der Waals surface area contributed by atoms with Crippen molar-refractivity contribution < 1.29 is 27.5 Å². The topological polar surface area (TPSA) is 105 Å². The second-order valence-electron chi connectivity index (χ2n) is 11.4. The molecule has 9 nitrogen and oxygen atoms in total. The van der Waals surface area contributed by atoms with Gasteiger partial charge in [0.1, 0.15) is 12.6 Å². The number of benzene rings is 4. The van der Waals surface area contributed by atoms with E-state index in [2.05, 4.69) is 5.32 Å². The highest BCUT2D eigenvalue weighted by atomic mass is 35.5. The quantitative estimate of drug-likeness (QED) is 0.175. The van der Waals surface area contributed by atoms with Crippen LogP contribution in [0.15, 0.2) is 102 Å². The molecule has 4 rings (SSSR count). The number of methoxy groups -OCH3 is 2. The molecule has 0 aliphatic rings. The van der Waals surface area contributed by atoms with Crippen molar-refractivity contribution in [2.24, 2.45) is 0 Å². The number of ether oxygens (including phenoxy) is 2. The van der Waals surface area contributed by atoms with Crippen molar-refractivity contribution in [1.29, 1.82) is 0 Å². The first-order chi connectivity index (χ1) is 22.4.